The average molecular weight is 276 g/mol. The van der Waals surface area contributed by atoms with Crippen molar-refractivity contribution in [3.63, 3.8) is 0 Å². The SMILES string of the molecule is Cc1ccc(N2C(=O)[C@H](C=O)C(=O)NC2=S)cc1C. The van der Waals surface area contributed by atoms with E-state index >= 15 is 0 Å². The molecule has 1 atom stereocenters. The number of amides is 2. The molecule has 1 saturated heterocycles. The fourth-order valence-corrected chi connectivity index (χ4v) is 2.12. The predicted octanol–water partition coefficient (Wildman–Crippen LogP) is 0.866. The summed E-state index contributed by atoms with van der Waals surface area (Å²) >= 11 is 5.00. The Hall–Kier alpha value is -2.08. The van der Waals surface area contributed by atoms with Crippen molar-refractivity contribution < 1.29 is 14.4 Å². The van der Waals surface area contributed by atoms with E-state index in [1.807, 2.05) is 19.9 Å². The summed E-state index contributed by atoms with van der Waals surface area (Å²) in [5.74, 6) is -2.63. The van der Waals surface area contributed by atoms with Gasteiger partial charge in [-0.05, 0) is 49.3 Å². The average Bonchev–Trinajstić information content (AvgIpc) is 2.33. The third-order valence-electron chi connectivity index (χ3n) is 3.09. The van der Waals surface area contributed by atoms with Crippen molar-refractivity contribution in [3.05, 3.63) is 29.3 Å². The van der Waals surface area contributed by atoms with Crippen molar-refractivity contribution in [2.75, 3.05) is 4.90 Å². The van der Waals surface area contributed by atoms with Gasteiger partial charge in [-0.3, -0.25) is 14.5 Å². The molecule has 1 aliphatic rings. The number of carbonyl (C=O) groups excluding carboxylic acids is 3. The Morgan fingerprint density at radius 1 is 1.26 bits per heavy atom. The highest BCUT2D eigenvalue weighted by Crippen LogP contribution is 2.22. The molecule has 0 radical (unpaired) electrons. The van der Waals surface area contributed by atoms with Crippen molar-refractivity contribution in [2.45, 2.75) is 13.8 Å². The number of thiocarbonyl (C=S) groups is 1. The van der Waals surface area contributed by atoms with Gasteiger partial charge in [0.1, 0.15) is 6.29 Å². The van der Waals surface area contributed by atoms with E-state index in [-0.39, 0.29) is 5.11 Å². The van der Waals surface area contributed by atoms with Crippen LogP contribution < -0.4 is 10.2 Å². The largest absolute Gasteiger partial charge is 0.302 e. The minimum absolute atomic E-state index is 0.00338. The van der Waals surface area contributed by atoms with E-state index in [4.69, 9.17) is 12.2 Å². The molecule has 1 aliphatic heterocycles. The molecule has 0 aromatic heterocycles. The smallest absolute Gasteiger partial charge is 0.253 e. The number of hydrogen-bond donors (Lipinski definition) is 1. The Balaban J connectivity index is 2.44. The van der Waals surface area contributed by atoms with Crippen molar-refractivity contribution in [1.29, 1.82) is 0 Å². The second-order valence-electron chi connectivity index (χ2n) is 4.35. The third kappa shape index (κ3) is 2.26. The molecule has 1 N–H and O–H groups in total. The summed E-state index contributed by atoms with van der Waals surface area (Å²) < 4.78 is 0. The number of nitrogens with zero attached hydrogens (tertiary/aromatic N) is 1. The Morgan fingerprint density at radius 2 is 1.95 bits per heavy atom. The topological polar surface area (TPSA) is 66.5 Å². The van der Waals surface area contributed by atoms with Gasteiger partial charge in [0.2, 0.25) is 5.91 Å². The molecule has 5 nitrogen and oxygen atoms in total. The Morgan fingerprint density at radius 3 is 2.53 bits per heavy atom. The highest BCUT2D eigenvalue weighted by atomic mass is 32.1. The van der Waals surface area contributed by atoms with E-state index in [0.717, 1.165) is 11.1 Å². The first-order valence-corrected chi connectivity index (χ1v) is 6.08. The van der Waals surface area contributed by atoms with Crippen LogP contribution in [-0.4, -0.2) is 23.2 Å². The maximum Gasteiger partial charge on any atom is 0.253 e. The van der Waals surface area contributed by atoms with Gasteiger partial charge in [-0.15, -0.1) is 0 Å². The molecule has 6 heteroatoms. The van der Waals surface area contributed by atoms with Crippen LogP contribution in [0.1, 0.15) is 11.1 Å². The van der Waals surface area contributed by atoms with Crippen molar-refractivity contribution in [3.8, 4) is 0 Å². The molecule has 2 amide bonds. The molecule has 0 aliphatic carbocycles. The number of hydrogen-bond acceptors (Lipinski definition) is 4. The van der Waals surface area contributed by atoms with E-state index in [1.165, 1.54) is 4.90 Å². The lowest BCUT2D eigenvalue weighted by molar-refractivity contribution is -0.136. The molecule has 1 aromatic carbocycles. The highest BCUT2D eigenvalue weighted by molar-refractivity contribution is 7.80. The van der Waals surface area contributed by atoms with Gasteiger partial charge < -0.3 is 10.1 Å². The van der Waals surface area contributed by atoms with Gasteiger partial charge in [-0.25, -0.2) is 0 Å². The maximum atomic E-state index is 12.1. The summed E-state index contributed by atoms with van der Waals surface area (Å²) in [6.45, 7) is 3.86. The lowest BCUT2D eigenvalue weighted by Crippen LogP contribution is -2.58. The lowest BCUT2D eigenvalue weighted by atomic mass is 10.0. The molecule has 1 aromatic rings. The Bertz CT molecular complexity index is 598. The molecule has 98 valence electrons. The zero-order valence-corrected chi connectivity index (χ0v) is 11.3. The van der Waals surface area contributed by atoms with Crippen LogP contribution in [0.25, 0.3) is 0 Å². The Kier molecular flexibility index (Phi) is 3.44. The van der Waals surface area contributed by atoms with Crippen LogP contribution in [0.4, 0.5) is 5.69 Å². The van der Waals surface area contributed by atoms with Gasteiger partial charge >= 0.3 is 0 Å². The van der Waals surface area contributed by atoms with E-state index in [1.54, 1.807) is 12.1 Å². The maximum absolute atomic E-state index is 12.1. The normalized spacial score (nSPS) is 19.4. The summed E-state index contributed by atoms with van der Waals surface area (Å²) in [5, 5.41) is 2.36. The molecule has 0 bridgehead atoms. The van der Waals surface area contributed by atoms with Crippen LogP contribution in [0, 0.1) is 19.8 Å². The van der Waals surface area contributed by atoms with E-state index in [9.17, 15) is 14.4 Å². The van der Waals surface area contributed by atoms with E-state index in [0.29, 0.717) is 12.0 Å². The fraction of sp³-hybridized carbons (Fsp3) is 0.231. The minimum Gasteiger partial charge on any atom is -0.302 e. The van der Waals surface area contributed by atoms with Crippen molar-refractivity contribution in [2.24, 2.45) is 5.92 Å². The van der Waals surface area contributed by atoms with Gasteiger partial charge in [-0.2, -0.15) is 0 Å². The second kappa shape index (κ2) is 4.89. The van der Waals surface area contributed by atoms with Gasteiger partial charge in [0.25, 0.3) is 5.91 Å². The van der Waals surface area contributed by atoms with Crippen LogP contribution in [0.3, 0.4) is 0 Å². The first kappa shape index (κ1) is 13.4. The molecule has 0 saturated carbocycles. The van der Waals surface area contributed by atoms with E-state index in [2.05, 4.69) is 5.32 Å². The third-order valence-corrected chi connectivity index (χ3v) is 3.37. The van der Waals surface area contributed by atoms with Gasteiger partial charge in [0, 0.05) is 0 Å². The minimum atomic E-state index is -1.34. The van der Waals surface area contributed by atoms with Gasteiger partial charge in [0.15, 0.2) is 11.0 Å². The number of nitrogens with one attached hydrogen (secondary N) is 1. The first-order chi connectivity index (χ1) is 8.95. The lowest BCUT2D eigenvalue weighted by Gasteiger charge is -2.30. The van der Waals surface area contributed by atoms with Crippen LogP contribution in [0.15, 0.2) is 18.2 Å². The molecular weight excluding hydrogens is 264 g/mol. The summed E-state index contributed by atoms with van der Waals surface area (Å²) in [6.07, 6.45) is 0.327. The number of benzene rings is 1. The van der Waals surface area contributed by atoms with Crippen LogP contribution in [-0.2, 0) is 14.4 Å². The monoisotopic (exact) mass is 276 g/mol. The molecule has 1 fully saturated rings. The van der Waals surface area contributed by atoms with E-state index < -0.39 is 17.7 Å². The summed E-state index contributed by atoms with van der Waals surface area (Å²) in [5.41, 5.74) is 2.62. The first-order valence-electron chi connectivity index (χ1n) is 5.67. The van der Waals surface area contributed by atoms with Crippen LogP contribution in [0.5, 0.6) is 0 Å². The Labute approximate surface area is 115 Å². The standard InChI is InChI=1S/C13H12N2O3S/c1-7-3-4-9(5-8(7)2)15-12(18)10(6-16)11(17)14-13(15)19/h3-6,10H,1-2H3,(H,14,17,19)/t10-/m1/s1. The quantitative estimate of drug-likeness (QED) is 0.494. The summed E-state index contributed by atoms with van der Waals surface area (Å²) in [7, 11) is 0. The van der Waals surface area contributed by atoms with Gasteiger partial charge in [0.05, 0.1) is 5.69 Å². The molecular formula is C13H12N2O3S. The summed E-state index contributed by atoms with van der Waals surface area (Å²) in [6, 6.07) is 5.37. The molecule has 1 heterocycles. The van der Waals surface area contributed by atoms with Crippen molar-refractivity contribution >= 4 is 41.1 Å². The molecule has 19 heavy (non-hydrogen) atoms. The number of carbonyl (C=O) groups is 3. The number of aldehydes is 1. The van der Waals surface area contributed by atoms with Crippen molar-refractivity contribution in [1.82, 2.24) is 5.32 Å². The van der Waals surface area contributed by atoms with Crippen LogP contribution in [0.2, 0.25) is 0 Å². The second-order valence-corrected chi connectivity index (χ2v) is 4.74. The zero-order valence-electron chi connectivity index (χ0n) is 10.5. The van der Waals surface area contributed by atoms with Crippen LogP contribution >= 0.6 is 12.2 Å². The predicted molar refractivity (Wildman–Crippen MR) is 73.7 cm³/mol. The molecule has 2 rings (SSSR count). The molecule has 0 unspecified atom stereocenters. The number of rotatable bonds is 2. The fourth-order valence-electron chi connectivity index (χ4n) is 1.82. The van der Waals surface area contributed by atoms with Gasteiger partial charge in [-0.1, -0.05) is 6.07 Å². The highest BCUT2D eigenvalue weighted by Gasteiger charge is 2.39. The number of anilines is 1. The summed E-state index contributed by atoms with van der Waals surface area (Å²) in [4.78, 5) is 35.6. The number of aryl methyl sites for hydroxylation is 2. The molecule has 0 spiro atoms. The zero-order chi connectivity index (χ0) is 14.2.